The number of amides is 1. The lowest BCUT2D eigenvalue weighted by molar-refractivity contribution is 0.0323. The molecule has 5 rings (SSSR count). The van der Waals surface area contributed by atoms with Gasteiger partial charge in [-0.1, -0.05) is 12.8 Å². The molecule has 0 aliphatic heterocycles. The number of pyridine rings is 1. The number of carbonyl (C=O) groups is 1. The molecule has 2 fully saturated rings. The Bertz CT molecular complexity index is 1130. The number of ether oxygens (including phenoxy) is 1. The molecule has 0 atom stereocenters. The van der Waals surface area contributed by atoms with Crippen molar-refractivity contribution in [2.24, 2.45) is 5.92 Å². The van der Waals surface area contributed by atoms with Gasteiger partial charge < -0.3 is 24.6 Å². The van der Waals surface area contributed by atoms with Crippen molar-refractivity contribution in [1.82, 2.24) is 24.4 Å². The monoisotopic (exact) mass is 450 g/mol. The molecular weight excluding hydrogens is 420 g/mol. The third-order valence-electron chi connectivity index (χ3n) is 6.62. The Morgan fingerprint density at radius 1 is 1.21 bits per heavy atom. The van der Waals surface area contributed by atoms with E-state index in [1.165, 1.54) is 0 Å². The summed E-state index contributed by atoms with van der Waals surface area (Å²) in [7, 11) is 3.54. The molecule has 3 aromatic rings. The second-order valence-corrected chi connectivity index (χ2v) is 9.27. The maximum Gasteiger partial charge on any atom is 0.270 e. The first-order valence-electron chi connectivity index (χ1n) is 11.6. The lowest BCUT2D eigenvalue weighted by atomic mass is 9.83. The van der Waals surface area contributed by atoms with E-state index in [1.807, 2.05) is 18.2 Å². The van der Waals surface area contributed by atoms with Gasteiger partial charge in [0.05, 0.1) is 12.3 Å². The van der Waals surface area contributed by atoms with Crippen molar-refractivity contribution in [1.29, 1.82) is 0 Å². The normalized spacial score (nSPS) is 20.6. The number of hydrogen-bond acceptors (Lipinski definition) is 7. The van der Waals surface area contributed by atoms with E-state index in [4.69, 9.17) is 14.8 Å². The molecule has 2 aliphatic rings. The predicted molar refractivity (Wildman–Crippen MR) is 125 cm³/mol. The highest BCUT2D eigenvalue weighted by atomic mass is 16.5. The maximum atomic E-state index is 12.8. The topological polar surface area (TPSA) is 105 Å². The molecule has 0 saturated heterocycles. The minimum absolute atomic E-state index is 0.0246. The van der Waals surface area contributed by atoms with Crippen LogP contribution >= 0.6 is 0 Å². The van der Waals surface area contributed by atoms with Crippen LogP contribution in [0.4, 0.5) is 11.8 Å². The zero-order chi connectivity index (χ0) is 22.9. The van der Waals surface area contributed by atoms with Crippen LogP contribution < -0.4 is 10.1 Å². The summed E-state index contributed by atoms with van der Waals surface area (Å²) in [5.41, 5.74) is 1.43. The molecule has 1 amide bonds. The largest absolute Gasteiger partial charge is 0.489 e. The molecule has 0 bridgehead atoms. The minimum Gasteiger partial charge on any atom is -0.489 e. The SMILES string of the molecule is CN(C)C(=O)c1cc2cnc(Nc3ccc(OC4CC(CO)C4)cn3)nc2n1C1CCCC1. The van der Waals surface area contributed by atoms with E-state index in [0.717, 1.165) is 49.6 Å². The highest BCUT2D eigenvalue weighted by molar-refractivity contribution is 5.97. The van der Waals surface area contributed by atoms with Gasteiger partial charge in [-0.2, -0.15) is 4.98 Å². The van der Waals surface area contributed by atoms with Gasteiger partial charge in [-0.25, -0.2) is 9.97 Å². The maximum absolute atomic E-state index is 12.8. The summed E-state index contributed by atoms with van der Waals surface area (Å²) in [6.07, 6.45) is 9.77. The molecule has 174 valence electrons. The minimum atomic E-state index is -0.0246. The van der Waals surface area contributed by atoms with Crippen LogP contribution in [0, 0.1) is 5.92 Å². The first-order chi connectivity index (χ1) is 16.0. The fourth-order valence-corrected chi connectivity index (χ4v) is 4.74. The van der Waals surface area contributed by atoms with Crippen LogP contribution in [-0.2, 0) is 0 Å². The number of carbonyl (C=O) groups excluding carboxylic acids is 1. The molecule has 0 radical (unpaired) electrons. The number of nitrogens with one attached hydrogen (secondary N) is 1. The van der Waals surface area contributed by atoms with E-state index < -0.39 is 0 Å². The number of aliphatic hydroxyl groups excluding tert-OH is 1. The van der Waals surface area contributed by atoms with Gasteiger partial charge in [0.2, 0.25) is 5.95 Å². The second-order valence-electron chi connectivity index (χ2n) is 9.27. The highest BCUT2D eigenvalue weighted by Gasteiger charge is 2.30. The Kier molecular flexibility index (Phi) is 5.88. The van der Waals surface area contributed by atoms with Crippen molar-refractivity contribution in [2.45, 2.75) is 50.7 Å². The zero-order valence-corrected chi connectivity index (χ0v) is 19.1. The second kappa shape index (κ2) is 8.97. The fourth-order valence-electron chi connectivity index (χ4n) is 4.74. The van der Waals surface area contributed by atoms with Crippen LogP contribution in [-0.4, -0.2) is 62.2 Å². The van der Waals surface area contributed by atoms with Crippen molar-refractivity contribution in [3.8, 4) is 5.75 Å². The molecule has 0 unspecified atom stereocenters. The van der Waals surface area contributed by atoms with Crippen LogP contribution in [0.5, 0.6) is 5.75 Å². The van der Waals surface area contributed by atoms with Crippen molar-refractivity contribution >= 4 is 28.7 Å². The van der Waals surface area contributed by atoms with Crippen molar-refractivity contribution in [3.63, 3.8) is 0 Å². The van der Waals surface area contributed by atoms with Gasteiger partial charge in [0, 0.05) is 38.3 Å². The lowest BCUT2D eigenvalue weighted by Crippen LogP contribution is -2.35. The Morgan fingerprint density at radius 3 is 2.67 bits per heavy atom. The molecular formula is C24H30N6O3. The van der Waals surface area contributed by atoms with E-state index in [9.17, 15) is 4.79 Å². The smallest absolute Gasteiger partial charge is 0.270 e. The highest BCUT2D eigenvalue weighted by Crippen LogP contribution is 2.35. The Labute approximate surface area is 192 Å². The quantitative estimate of drug-likeness (QED) is 0.567. The Balaban J connectivity index is 1.36. The fraction of sp³-hybridized carbons (Fsp3) is 0.500. The third kappa shape index (κ3) is 4.37. The van der Waals surface area contributed by atoms with Crippen molar-refractivity contribution < 1.29 is 14.6 Å². The van der Waals surface area contributed by atoms with Gasteiger partial charge in [0.15, 0.2) is 0 Å². The number of aromatic nitrogens is 4. The van der Waals surface area contributed by atoms with Crippen LogP contribution in [0.2, 0.25) is 0 Å². The summed E-state index contributed by atoms with van der Waals surface area (Å²) in [6.45, 7) is 0.222. The number of anilines is 2. The van der Waals surface area contributed by atoms with E-state index >= 15 is 0 Å². The number of rotatable bonds is 7. The number of nitrogens with zero attached hydrogens (tertiary/aromatic N) is 5. The van der Waals surface area contributed by atoms with E-state index in [2.05, 4.69) is 19.9 Å². The van der Waals surface area contributed by atoms with Crippen LogP contribution in [0.1, 0.15) is 55.1 Å². The van der Waals surface area contributed by atoms with E-state index in [0.29, 0.717) is 29.1 Å². The van der Waals surface area contributed by atoms with Gasteiger partial charge in [-0.3, -0.25) is 4.79 Å². The van der Waals surface area contributed by atoms with Gasteiger partial charge in [-0.05, 0) is 49.8 Å². The predicted octanol–water partition coefficient (Wildman–Crippen LogP) is 3.54. The van der Waals surface area contributed by atoms with Crippen LogP contribution in [0.15, 0.2) is 30.6 Å². The average molecular weight is 451 g/mol. The molecule has 0 aromatic carbocycles. The first-order valence-corrected chi connectivity index (χ1v) is 11.6. The Hall–Kier alpha value is -3.20. The van der Waals surface area contributed by atoms with E-state index in [-0.39, 0.29) is 24.7 Å². The first kappa shape index (κ1) is 21.6. The summed E-state index contributed by atoms with van der Waals surface area (Å²) in [4.78, 5) is 28.1. The standard InChI is InChI=1S/C24H30N6O3/c1-29(2)23(32)20-11-16-12-26-24(28-22(16)30(20)17-5-3-4-6-17)27-21-8-7-18(13-25-21)33-19-9-15(10-19)14-31/h7-8,11-13,15,17,19,31H,3-6,9-10,14H2,1-2H3,(H,25,26,27,28). The van der Waals surface area contributed by atoms with E-state index in [1.54, 1.807) is 31.4 Å². The molecule has 9 heteroatoms. The van der Waals surface area contributed by atoms with Gasteiger partial charge >= 0.3 is 0 Å². The number of fused-ring (bicyclic) bond motifs is 1. The Morgan fingerprint density at radius 2 is 2.00 bits per heavy atom. The van der Waals surface area contributed by atoms with Crippen molar-refractivity contribution in [2.75, 3.05) is 26.0 Å². The van der Waals surface area contributed by atoms with Gasteiger partial charge in [0.25, 0.3) is 5.91 Å². The van der Waals surface area contributed by atoms with Gasteiger partial charge in [-0.15, -0.1) is 0 Å². The molecule has 9 nitrogen and oxygen atoms in total. The molecule has 33 heavy (non-hydrogen) atoms. The third-order valence-corrected chi connectivity index (χ3v) is 6.62. The lowest BCUT2D eigenvalue weighted by Gasteiger charge is -2.33. The number of hydrogen-bond donors (Lipinski definition) is 2. The summed E-state index contributed by atoms with van der Waals surface area (Å²) < 4.78 is 7.99. The van der Waals surface area contributed by atoms with Gasteiger partial charge in [0.1, 0.15) is 22.9 Å². The molecule has 2 aliphatic carbocycles. The molecule has 3 aromatic heterocycles. The average Bonchev–Trinajstić information content (AvgIpc) is 3.43. The summed E-state index contributed by atoms with van der Waals surface area (Å²) >= 11 is 0. The summed E-state index contributed by atoms with van der Waals surface area (Å²) in [5, 5.41) is 13.2. The molecule has 3 heterocycles. The van der Waals surface area contributed by atoms with Crippen LogP contribution in [0.25, 0.3) is 11.0 Å². The molecule has 2 saturated carbocycles. The van der Waals surface area contributed by atoms with Crippen molar-refractivity contribution in [3.05, 3.63) is 36.3 Å². The van der Waals surface area contributed by atoms with Crippen LogP contribution in [0.3, 0.4) is 0 Å². The zero-order valence-electron chi connectivity index (χ0n) is 19.1. The molecule has 2 N–H and O–H groups in total. The summed E-state index contributed by atoms with van der Waals surface area (Å²) in [5.74, 6) is 2.10. The molecule has 0 spiro atoms. The number of aliphatic hydroxyl groups is 1. The summed E-state index contributed by atoms with van der Waals surface area (Å²) in [6, 6.07) is 5.87.